The molecular formula is C21H21N3O3S. The molecule has 2 N–H and O–H groups in total. The van der Waals surface area contributed by atoms with Gasteiger partial charge in [0, 0.05) is 5.38 Å². The van der Waals surface area contributed by atoms with Gasteiger partial charge in [-0.3, -0.25) is 14.9 Å². The number of carbonyl (C=O) groups excluding carboxylic acids is 2. The Bertz CT molecular complexity index is 1010. The van der Waals surface area contributed by atoms with Crippen molar-refractivity contribution >= 4 is 28.3 Å². The molecule has 7 heteroatoms. The van der Waals surface area contributed by atoms with Gasteiger partial charge in [0.2, 0.25) is 5.91 Å². The van der Waals surface area contributed by atoms with Crippen molar-refractivity contribution in [3.63, 3.8) is 0 Å². The highest BCUT2D eigenvalue weighted by Gasteiger charge is 2.22. The summed E-state index contributed by atoms with van der Waals surface area (Å²) in [5, 5.41) is 8.15. The van der Waals surface area contributed by atoms with Crippen LogP contribution in [0.2, 0.25) is 0 Å². The Morgan fingerprint density at radius 1 is 1.29 bits per heavy atom. The highest BCUT2D eigenvalue weighted by molar-refractivity contribution is 7.14. The minimum Gasteiger partial charge on any atom is -0.469 e. The number of rotatable bonds is 5. The molecule has 4 rings (SSSR count). The van der Waals surface area contributed by atoms with E-state index < -0.39 is 0 Å². The van der Waals surface area contributed by atoms with Gasteiger partial charge in [-0.15, -0.1) is 11.3 Å². The summed E-state index contributed by atoms with van der Waals surface area (Å²) in [6.07, 6.45) is 4.75. The Labute approximate surface area is 167 Å². The number of hydrogen-bond donors (Lipinski definition) is 2. The lowest BCUT2D eigenvalue weighted by Crippen LogP contribution is -2.32. The fraction of sp³-hybridized carbons (Fsp3) is 0.286. The monoisotopic (exact) mass is 395 g/mol. The van der Waals surface area contributed by atoms with E-state index in [0.717, 1.165) is 19.3 Å². The number of benzene rings is 1. The van der Waals surface area contributed by atoms with Gasteiger partial charge < -0.3 is 9.73 Å². The molecule has 1 atom stereocenters. The van der Waals surface area contributed by atoms with E-state index in [9.17, 15) is 9.59 Å². The Morgan fingerprint density at radius 2 is 2.14 bits per heavy atom. The van der Waals surface area contributed by atoms with Crippen LogP contribution in [0, 0.1) is 6.92 Å². The van der Waals surface area contributed by atoms with Crippen molar-refractivity contribution < 1.29 is 14.0 Å². The van der Waals surface area contributed by atoms with Gasteiger partial charge in [0.1, 0.15) is 5.76 Å². The van der Waals surface area contributed by atoms with Gasteiger partial charge in [0.25, 0.3) is 5.91 Å². The summed E-state index contributed by atoms with van der Waals surface area (Å²) in [6.45, 7) is 1.73. The van der Waals surface area contributed by atoms with Crippen molar-refractivity contribution in [1.82, 2.24) is 10.3 Å². The van der Waals surface area contributed by atoms with Crippen LogP contribution in [-0.4, -0.2) is 16.8 Å². The number of fused-ring (bicyclic) bond motifs is 1. The molecule has 2 aromatic heterocycles. The molecule has 0 fully saturated rings. The van der Waals surface area contributed by atoms with Gasteiger partial charge in [-0.05, 0) is 43.4 Å². The molecule has 0 spiro atoms. The minimum absolute atomic E-state index is 0.0549. The van der Waals surface area contributed by atoms with Crippen molar-refractivity contribution in [1.29, 1.82) is 0 Å². The van der Waals surface area contributed by atoms with E-state index >= 15 is 0 Å². The van der Waals surface area contributed by atoms with Crippen molar-refractivity contribution in [2.45, 2.75) is 38.6 Å². The van der Waals surface area contributed by atoms with Crippen molar-refractivity contribution in [3.8, 4) is 0 Å². The number of thiazole rings is 1. The molecule has 3 aromatic rings. The van der Waals surface area contributed by atoms with Crippen LogP contribution in [0.15, 0.2) is 46.4 Å². The molecule has 1 unspecified atom stereocenters. The number of furan rings is 1. The normalized spacial score (nSPS) is 15.7. The molecule has 0 saturated carbocycles. The van der Waals surface area contributed by atoms with E-state index in [4.69, 9.17) is 4.42 Å². The fourth-order valence-corrected chi connectivity index (χ4v) is 4.25. The zero-order valence-electron chi connectivity index (χ0n) is 15.5. The molecule has 28 heavy (non-hydrogen) atoms. The highest BCUT2D eigenvalue weighted by Crippen LogP contribution is 2.29. The lowest BCUT2D eigenvalue weighted by molar-refractivity contribution is -0.121. The summed E-state index contributed by atoms with van der Waals surface area (Å²) in [5.41, 5.74) is 3.65. The average Bonchev–Trinajstić information content (AvgIpc) is 3.30. The number of anilines is 1. The Balaban J connectivity index is 1.36. The van der Waals surface area contributed by atoms with Crippen LogP contribution < -0.4 is 10.6 Å². The molecule has 1 aromatic carbocycles. The third-order valence-corrected chi connectivity index (χ3v) is 5.73. The predicted molar refractivity (Wildman–Crippen MR) is 107 cm³/mol. The summed E-state index contributed by atoms with van der Waals surface area (Å²) < 4.78 is 5.15. The summed E-state index contributed by atoms with van der Waals surface area (Å²) >= 11 is 1.30. The maximum absolute atomic E-state index is 12.5. The smallest absolute Gasteiger partial charge is 0.260 e. The predicted octanol–water partition coefficient (Wildman–Crippen LogP) is 4.03. The number of carbonyl (C=O) groups is 2. The summed E-state index contributed by atoms with van der Waals surface area (Å²) in [6, 6.07) is 9.95. The van der Waals surface area contributed by atoms with Crippen LogP contribution in [0.1, 0.15) is 51.8 Å². The third kappa shape index (κ3) is 3.99. The Hall–Kier alpha value is -2.93. The van der Waals surface area contributed by atoms with Crippen LogP contribution >= 0.6 is 11.3 Å². The molecular weight excluding hydrogens is 374 g/mol. The van der Waals surface area contributed by atoms with Crippen molar-refractivity contribution in [2.24, 2.45) is 0 Å². The van der Waals surface area contributed by atoms with E-state index in [-0.39, 0.29) is 24.3 Å². The maximum Gasteiger partial charge on any atom is 0.260 e. The molecule has 2 amide bonds. The third-order valence-electron chi connectivity index (χ3n) is 4.92. The lowest BCUT2D eigenvalue weighted by Gasteiger charge is -2.26. The molecule has 0 saturated heterocycles. The average molecular weight is 395 g/mol. The highest BCUT2D eigenvalue weighted by atomic mass is 32.1. The van der Waals surface area contributed by atoms with Gasteiger partial charge >= 0.3 is 0 Å². The number of nitrogens with one attached hydrogen (secondary N) is 2. The van der Waals surface area contributed by atoms with Crippen LogP contribution in [0.5, 0.6) is 0 Å². The van der Waals surface area contributed by atoms with Crippen LogP contribution in [0.25, 0.3) is 0 Å². The first-order chi connectivity index (χ1) is 13.6. The first kappa shape index (κ1) is 18.4. The second kappa shape index (κ2) is 7.98. The number of nitrogens with zero attached hydrogens (tertiary/aromatic N) is 1. The lowest BCUT2D eigenvalue weighted by atomic mass is 9.87. The zero-order chi connectivity index (χ0) is 19.5. The molecule has 0 aliphatic heterocycles. The van der Waals surface area contributed by atoms with Gasteiger partial charge in [-0.1, -0.05) is 24.3 Å². The maximum atomic E-state index is 12.5. The van der Waals surface area contributed by atoms with Crippen molar-refractivity contribution in [3.05, 3.63) is 70.1 Å². The Kier molecular flexibility index (Phi) is 5.25. The SMILES string of the molecule is Cc1occc1C(=O)Nc1nc(CC(=O)NC2CCCc3ccccc32)cs1. The molecule has 0 bridgehead atoms. The molecule has 144 valence electrons. The number of hydrogen-bond acceptors (Lipinski definition) is 5. The Morgan fingerprint density at radius 3 is 2.96 bits per heavy atom. The number of amides is 2. The van der Waals surface area contributed by atoms with E-state index in [1.54, 1.807) is 18.4 Å². The fourth-order valence-electron chi connectivity index (χ4n) is 3.54. The number of aryl methyl sites for hydroxylation is 2. The van der Waals surface area contributed by atoms with Crippen LogP contribution in [0.3, 0.4) is 0 Å². The van der Waals surface area contributed by atoms with Gasteiger partial charge in [0.05, 0.1) is 30.0 Å². The van der Waals surface area contributed by atoms with Crippen molar-refractivity contribution in [2.75, 3.05) is 5.32 Å². The summed E-state index contributed by atoms with van der Waals surface area (Å²) in [7, 11) is 0. The second-order valence-electron chi connectivity index (χ2n) is 6.88. The van der Waals surface area contributed by atoms with E-state index in [1.165, 1.54) is 28.7 Å². The molecule has 1 aliphatic rings. The molecule has 1 aliphatic carbocycles. The van der Waals surface area contributed by atoms with E-state index in [2.05, 4.69) is 27.8 Å². The summed E-state index contributed by atoms with van der Waals surface area (Å²) in [4.78, 5) is 29.1. The number of aromatic nitrogens is 1. The first-order valence-electron chi connectivity index (χ1n) is 9.27. The minimum atomic E-state index is -0.268. The van der Waals surface area contributed by atoms with Crippen LogP contribution in [-0.2, 0) is 17.6 Å². The van der Waals surface area contributed by atoms with Crippen LogP contribution in [0.4, 0.5) is 5.13 Å². The second-order valence-corrected chi connectivity index (χ2v) is 7.73. The topological polar surface area (TPSA) is 84.2 Å². The van der Waals surface area contributed by atoms with E-state index in [0.29, 0.717) is 22.1 Å². The largest absolute Gasteiger partial charge is 0.469 e. The molecule has 0 radical (unpaired) electrons. The molecule has 2 heterocycles. The zero-order valence-corrected chi connectivity index (χ0v) is 16.3. The van der Waals surface area contributed by atoms with Gasteiger partial charge in [-0.2, -0.15) is 0 Å². The quantitative estimate of drug-likeness (QED) is 0.683. The molecule has 6 nitrogen and oxygen atoms in total. The first-order valence-corrected chi connectivity index (χ1v) is 10.1. The standard InChI is InChI=1S/C21H21N3O3S/c1-13-16(9-10-27-13)20(26)24-21-22-15(12-28-21)11-19(25)23-18-8-4-6-14-5-2-3-7-17(14)18/h2-3,5,7,9-10,12,18H,4,6,8,11H2,1H3,(H,23,25)(H,22,24,26). The van der Waals surface area contributed by atoms with E-state index in [1.807, 2.05) is 12.1 Å². The van der Waals surface area contributed by atoms with Gasteiger partial charge in [0.15, 0.2) is 5.13 Å². The summed E-state index contributed by atoms with van der Waals surface area (Å²) in [5.74, 6) is 0.229. The van der Waals surface area contributed by atoms with Gasteiger partial charge in [-0.25, -0.2) is 4.98 Å².